The summed E-state index contributed by atoms with van der Waals surface area (Å²) in [6.45, 7) is 14.0. The molecule has 42 heavy (non-hydrogen) atoms. The van der Waals surface area contributed by atoms with Gasteiger partial charge in [-0.2, -0.15) is 0 Å². The van der Waals surface area contributed by atoms with Crippen LogP contribution in [0, 0.1) is 11.8 Å². The van der Waals surface area contributed by atoms with Gasteiger partial charge in [0.25, 0.3) is 0 Å². The summed E-state index contributed by atoms with van der Waals surface area (Å²) in [6.07, 6.45) is 4.24. The van der Waals surface area contributed by atoms with Gasteiger partial charge in [0.1, 0.15) is 17.8 Å². The minimum Gasteiger partial charge on any atom is -0.507 e. The molecule has 2 aromatic rings. The van der Waals surface area contributed by atoms with Crippen molar-refractivity contribution in [2.24, 2.45) is 17.6 Å². The second kappa shape index (κ2) is 12.3. The van der Waals surface area contributed by atoms with E-state index in [9.17, 15) is 19.6 Å². The number of phenols is 1. The number of carbonyl (C=O) groups is 1. The molecule has 2 saturated carbocycles. The normalized spacial score (nSPS) is 19.8. The molecule has 0 amide bonds. The Morgan fingerprint density at radius 2 is 1.38 bits per heavy atom. The summed E-state index contributed by atoms with van der Waals surface area (Å²) in [5, 5.41) is 23.5. The molecule has 5 N–H and O–H groups in total. The molecule has 4 atom stereocenters. The fourth-order valence-corrected chi connectivity index (χ4v) is 7.66. The molecule has 2 aliphatic carbocycles. The van der Waals surface area contributed by atoms with Crippen LogP contribution in [-0.2, 0) is 14.1 Å². The maximum atomic E-state index is 14.1. The van der Waals surface area contributed by atoms with Crippen LogP contribution in [-0.4, -0.2) is 35.3 Å². The van der Waals surface area contributed by atoms with E-state index in [1.807, 2.05) is 0 Å². The van der Waals surface area contributed by atoms with Crippen LogP contribution < -0.4 is 15.3 Å². The fraction of sp³-hybridized carbons (Fsp3) is 0.606. The molecule has 0 bridgehead atoms. The van der Waals surface area contributed by atoms with Crippen LogP contribution in [0.1, 0.15) is 120 Å². The van der Waals surface area contributed by atoms with E-state index in [1.54, 1.807) is 0 Å². The van der Waals surface area contributed by atoms with Gasteiger partial charge in [-0.15, -0.1) is 0 Å². The Labute approximate surface area is 250 Å². The summed E-state index contributed by atoms with van der Waals surface area (Å²) in [5.41, 5.74) is 9.76. The Bertz CT molecular complexity index is 1360. The maximum absolute atomic E-state index is 14.1. The number of aliphatic carboxylic acids is 1. The SMILES string of the molecule is COCP(=O)(NC(C)(N)C(=O)O)Oc1c(C(C)C)cc(-c2cc(C(C)C)c(O)c(C(C)C3CC3)c2)cc1C(C)C1CC1. The predicted molar refractivity (Wildman–Crippen MR) is 167 cm³/mol. The van der Waals surface area contributed by atoms with Gasteiger partial charge in [0.2, 0.25) is 0 Å². The second-order valence-electron chi connectivity index (χ2n) is 13.4. The first-order valence-electron chi connectivity index (χ1n) is 15.2. The van der Waals surface area contributed by atoms with Crippen molar-refractivity contribution in [3.63, 3.8) is 0 Å². The summed E-state index contributed by atoms with van der Waals surface area (Å²) >= 11 is 0. The van der Waals surface area contributed by atoms with Crippen LogP contribution >= 0.6 is 7.52 Å². The van der Waals surface area contributed by atoms with Crippen LogP contribution in [0.5, 0.6) is 11.5 Å². The molecule has 0 radical (unpaired) electrons. The third-order valence-electron chi connectivity index (χ3n) is 8.92. The third kappa shape index (κ3) is 7.05. The molecule has 4 rings (SSSR count). The molecule has 2 aromatic carbocycles. The van der Waals surface area contributed by atoms with E-state index in [0.29, 0.717) is 23.3 Å². The van der Waals surface area contributed by atoms with Crippen LogP contribution in [0.3, 0.4) is 0 Å². The van der Waals surface area contributed by atoms with Gasteiger partial charge in [-0.1, -0.05) is 41.5 Å². The van der Waals surface area contributed by atoms with Crippen molar-refractivity contribution in [3.05, 3.63) is 46.5 Å². The number of nitrogens with one attached hydrogen (secondary N) is 1. The topological polar surface area (TPSA) is 131 Å². The van der Waals surface area contributed by atoms with Gasteiger partial charge >= 0.3 is 13.5 Å². The second-order valence-corrected chi connectivity index (χ2v) is 15.4. The molecule has 0 aromatic heterocycles. The van der Waals surface area contributed by atoms with E-state index in [0.717, 1.165) is 46.2 Å². The van der Waals surface area contributed by atoms with E-state index in [2.05, 4.69) is 70.9 Å². The van der Waals surface area contributed by atoms with Crippen molar-refractivity contribution in [3.8, 4) is 22.6 Å². The molecular formula is C33H49N2O6P. The van der Waals surface area contributed by atoms with E-state index >= 15 is 0 Å². The zero-order valence-electron chi connectivity index (χ0n) is 26.4. The Kier molecular flexibility index (Phi) is 9.54. The van der Waals surface area contributed by atoms with E-state index in [1.165, 1.54) is 26.9 Å². The van der Waals surface area contributed by atoms with Gasteiger partial charge in [0.15, 0.2) is 5.66 Å². The van der Waals surface area contributed by atoms with Crippen molar-refractivity contribution in [1.82, 2.24) is 5.09 Å². The molecule has 2 fully saturated rings. The minimum atomic E-state index is -3.91. The van der Waals surface area contributed by atoms with Gasteiger partial charge in [-0.05, 0) is 126 Å². The zero-order valence-corrected chi connectivity index (χ0v) is 27.3. The molecule has 0 heterocycles. The number of hydrogen-bond donors (Lipinski definition) is 4. The number of nitrogens with two attached hydrogens (primary N) is 1. The number of carboxylic acid groups (broad SMARTS) is 1. The number of methoxy groups -OCH3 is 1. The highest BCUT2D eigenvalue weighted by atomic mass is 31.2. The van der Waals surface area contributed by atoms with Crippen LogP contribution in [0.4, 0.5) is 0 Å². The van der Waals surface area contributed by atoms with Crippen LogP contribution in [0.15, 0.2) is 24.3 Å². The van der Waals surface area contributed by atoms with Crippen molar-refractivity contribution < 1.29 is 28.8 Å². The summed E-state index contributed by atoms with van der Waals surface area (Å²) in [5.74, 6) is 1.18. The average molecular weight is 601 g/mol. The number of hydrogen-bond acceptors (Lipinski definition) is 6. The minimum absolute atomic E-state index is 0.0105. The summed E-state index contributed by atoms with van der Waals surface area (Å²) in [4.78, 5) is 11.8. The Balaban J connectivity index is 1.91. The highest BCUT2D eigenvalue weighted by Crippen LogP contribution is 2.54. The number of benzene rings is 2. The van der Waals surface area contributed by atoms with Crippen LogP contribution in [0.25, 0.3) is 11.1 Å². The number of rotatable bonds is 14. The monoisotopic (exact) mass is 600 g/mol. The van der Waals surface area contributed by atoms with E-state index in [-0.39, 0.29) is 30.0 Å². The molecule has 8 nitrogen and oxygen atoms in total. The Hall–Kier alpha value is -2.38. The van der Waals surface area contributed by atoms with E-state index in [4.69, 9.17) is 15.0 Å². The Morgan fingerprint density at radius 1 is 0.929 bits per heavy atom. The van der Waals surface area contributed by atoms with E-state index < -0.39 is 19.2 Å². The maximum Gasteiger partial charge on any atom is 0.343 e. The fourth-order valence-electron chi connectivity index (χ4n) is 5.85. The quantitative estimate of drug-likeness (QED) is 0.127. The van der Waals surface area contributed by atoms with Gasteiger partial charge < -0.3 is 25.2 Å². The smallest absolute Gasteiger partial charge is 0.343 e. The van der Waals surface area contributed by atoms with Gasteiger partial charge in [-0.3, -0.25) is 4.57 Å². The summed E-state index contributed by atoms with van der Waals surface area (Å²) < 4.78 is 25.7. The van der Waals surface area contributed by atoms with Crippen molar-refractivity contribution in [2.75, 3.05) is 13.5 Å². The van der Waals surface area contributed by atoms with Crippen molar-refractivity contribution in [2.45, 2.75) is 103 Å². The van der Waals surface area contributed by atoms with Gasteiger partial charge in [-0.25, -0.2) is 9.88 Å². The molecule has 0 spiro atoms. The molecule has 232 valence electrons. The van der Waals surface area contributed by atoms with Crippen molar-refractivity contribution >= 4 is 13.5 Å². The van der Waals surface area contributed by atoms with Gasteiger partial charge in [0.05, 0.1) is 0 Å². The molecule has 4 unspecified atom stereocenters. The van der Waals surface area contributed by atoms with Crippen molar-refractivity contribution in [1.29, 1.82) is 0 Å². The van der Waals surface area contributed by atoms with Gasteiger partial charge in [0, 0.05) is 7.11 Å². The lowest BCUT2D eigenvalue weighted by atomic mass is 9.84. The molecule has 9 heteroatoms. The average Bonchev–Trinajstić information content (AvgIpc) is 3.81. The molecule has 0 saturated heterocycles. The lowest BCUT2D eigenvalue weighted by molar-refractivity contribution is -0.143. The molecule has 0 aliphatic heterocycles. The largest absolute Gasteiger partial charge is 0.507 e. The highest BCUT2D eigenvalue weighted by molar-refractivity contribution is 7.57. The lowest BCUT2D eigenvalue weighted by Gasteiger charge is -2.31. The Morgan fingerprint density at radius 3 is 1.83 bits per heavy atom. The summed E-state index contributed by atoms with van der Waals surface area (Å²) in [6, 6.07) is 8.45. The lowest BCUT2D eigenvalue weighted by Crippen LogP contribution is -2.56. The highest BCUT2D eigenvalue weighted by Gasteiger charge is 2.41. The summed E-state index contributed by atoms with van der Waals surface area (Å²) in [7, 11) is -2.52. The first-order chi connectivity index (χ1) is 19.6. The third-order valence-corrected chi connectivity index (χ3v) is 10.8. The zero-order chi connectivity index (χ0) is 31.1. The predicted octanol–water partition coefficient (Wildman–Crippen LogP) is 7.86. The molecule has 2 aliphatic rings. The molecular weight excluding hydrogens is 551 g/mol. The number of phenolic OH excluding ortho intramolecular Hbond substituents is 1. The standard InChI is InChI=1S/C33H49N2O6P/c1-18(2)26-13-24(15-28(30(26)36)20(5)22-9-10-22)25-14-27(19(3)4)31(29(16-25)21(6)23-11-12-23)41-42(39,17-40-8)35-33(7,34)32(37)38/h13-16,18-23,36H,9-12,17,34H2,1-8H3,(H,35,39)(H,37,38). The first-order valence-corrected chi connectivity index (χ1v) is 17.0. The first kappa shape index (κ1) is 32.5. The number of carboxylic acids is 1. The number of aromatic hydroxyl groups is 1. The number of ether oxygens (including phenoxy) is 1. The van der Waals surface area contributed by atoms with Crippen LogP contribution in [0.2, 0.25) is 0 Å².